The maximum absolute atomic E-state index is 12.9. The molecular weight excluding hydrogens is 422 g/mol. The van der Waals surface area contributed by atoms with Crippen LogP contribution in [0.2, 0.25) is 0 Å². The smallest absolute Gasteiger partial charge is 0.408 e. The van der Waals surface area contributed by atoms with Crippen molar-refractivity contribution >= 4 is 12.1 Å². The molecule has 33 heavy (non-hydrogen) atoms. The van der Waals surface area contributed by atoms with E-state index in [2.05, 4.69) is 17.4 Å². The molecule has 7 heteroatoms. The van der Waals surface area contributed by atoms with Gasteiger partial charge in [-0.2, -0.15) is 0 Å². The summed E-state index contributed by atoms with van der Waals surface area (Å²) in [5, 5.41) is 2.57. The molecule has 2 aromatic carbocycles. The number of esters is 1. The van der Waals surface area contributed by atoms with Crippen molar-refractivity contribution in [3.05, 3.63) is 66.2 Å². The van der Waals surface area contributed by atoms with Crippen LogP contribution in [-0.4, -0.2) is 49.1 Å². The lowest BCUT2D eigenvalue weighted by Crippen LogP contribution is -2.48. The van der Waals surface area contributed by atoms with E-state index in [-0.39, 0.29) is 12.5 Å². The number of carbonyl (C=O) groups is 2. The highest BCUT2D eigenvalue weighted by Gasteiger charge is 2.36. The first kappa shape index (κ1) is 24.6. The highest BCUT2D eigenvalue weighted by molar-refractivity contribution is 5.81. The van der Waals surface area contributed by atoms with Crippen molar-refractivity contribution in [2.45, 2.75) is 58.0 Å². The minimum Gasteiger partial charge on any atom is -0.486 e. The average Bonchev–Trinajstić information content (AvgIpc) is 2.80. The van der Waals surface area contributed by atoms with Crippen LogP contribution < -0.4 is 10.1 Å². The number of para-hydroxylation sites is 1. The van der Waals surface area contributed by atoms with Gasteiger partial charge in [0.1, 0.15) is 23.6 Å². The number of hydrogen-bond acceptors (Lipinski definition) is 6. The predicted molar refractivity (Wildman–Crippen MR) is 124 cm³/mol. The highest BCUT2D eigenvalue weighted by atomic mass is 16.6. The molecule has 0 aliphatic carbocycles. The van der Waals surface area contributed by atoms with Crippen LogP contribution in [0.4, 0.5) is 4.79 Å². The molecule has 1 fully saturated rings. The lowest BCUT2D eigenvalue weighted by atomic mass is 9.91. The fourth-order valence-corrected chi connectivity index (χ4v) is 3.71. The molecule has 0 saturated carbocycles. The summed E-state index contributed by atoms with van der Waals surface area (Å²) < 4.78 is 23.3. The van der Waals surface area contributed by atoms with Gasteiger partial charge in [0, 0.05) is 5.92 Å². The van der Waals surface area contributed by atoms with E-state index in [1.165, 1.54) is 0 Å². The van der Waals surface area contributed by atoms with Gasteiger partial charge in [-0.3, -0.25) is 0 Å². The third-order valence-corrected chi connectivity index (χ3v) is 5.18. The summed E-state index contributed by atoms with van der Waals surface area (Å²) in [6, 6.07) is 18.5. The van der Waals surface area contributed by atoms with Gasteiger partial charge in [-0.15, -0.1) is 0 Å². The second-order valence-corrected chi connectivity index (χ2v) is 9.22. The molecule has 1 amide bonds. The molecule has 4 atom stereocenters. The van der Waals surface area contributed by atoms with Crippen molar-refractivity contribution in [2.24, 2.45) is 5.92 Å². The van der Waals surface area contributed by atoms with E-state index in [1.54, 1.807) is 27.7 Å². The first-order chi connectivity index (χ1) is 15.7. The number of cyclic esters (lactones) is 1. The van der Waals surface area contributed by atoms with E-state index in [9.17, 15) is 9.59 Å². The van der Waals surface area contributed by atoms with Gasteiger partial charge in [0.2, 0.25) is 0 Å². The second kappa shape index (κ2) is 11.2. The van der Waals surface area contributed by atoms with Crippen LogP contribution in [0.25, 0.3) is 0 Å². The average molecular weight is 456 g/mol. The van der Waals surface area contributed by atoms with Gasteiger partial charge >= 0.3 is 12.1 Å². The SMILES string of the molecule is CC1OC(=O)C(NC(=O)OC(C)(C)C)COCC(Cc2ccccc2)C1Oc1ccccc1. The number of nitrogens with one attached hydrogen (secondary N) is 1. The summed E-state index contributed by atoms with van der Waals surface area (Å²) >= 11 is 0. The molecule has 2 aromatic rings. The van der Waals surface area contributed by atoms with Crippen LogP contribution in [0.5, 0.6) is 5.75 Å². The molecule has 1 N–H and O–H groups in total. The van der Waals surface area contributed by atoms with Crippen molar-refractivity contribution in [1.29, 1.82) is 0 Å². The Morgan fingerprint density at radius 2 is 1.67 bits per heavy atom. The Balaban J connectivity index is 1.79. The summed E-state index contributed by atoms with van der Waals surface area (Å²) in [5.41, 5.74) is 0.449. The molecule has 1 heterocycles. The van der Waals surface area contributed by atoms with Crippen LogP contribution in [0.3, 0.4) is 0 Å². The zero-order chi connectivity index (χ0) is 23.8. The van der Waals surface area contributed by atoms with Crippen LogP contribution >= 0.6 is 0 Å². The Morgan fingerprint density at radius 3 is 2.30 bits per heavy atom. The van der Waals surface area contributed by atoms with Gasteiger partial charge < -0.3 is 24.3 Å². The molecular formula is C26H33NO6. The summed E-state index contributed by atoms with van der Waals surface area (Å²) in [7, 11) is 0. The number of rotatable bonds is 5. The van der Waals surface area contributed by atoms with Crippen molar-refractivity contribution < 1.29 is 28.5 Å². The molecule has 0 bridgehead atoms. The number of amides is 1. The van der Waals surface area contributed by atoms with E-state index in [0.717, 1.165) is 5.56 Å². The summed E-state index contributed by atoms with van der Waals surface area (Å²) in [5.74, 6) is 0.0113. The molecule has 1 aliphatic rings. The van der Waals surface area contributed by atoms with Crippen LogP contribution in [0, 0.1) is 5.92 Å². The lowest BCUT2D eigenvalue weighted by molar-refractivity contribution is -0.156. The topological polar surface area (TPSA) is 83.1 Å². The first-order valence-corrected chi connectivity index (χ1v) is 11.2. The van der Waals surface area contributed by atoms with E-state index in [4.69, 9.17) is 18.9 Å². The number of alkyl carbamates (subject to hydrolysis) is 1. The summed E-state index contributed by atoms with van der Waals surface area (Å²) in [4.78, 5) is 25.1. The van der Waals surface area contributed by atoms with Gasteiger partial charge in [0.05, 0.1) is 13.2 Å². The quantitative estimate of drug-likeness (QED) is 0.682. The van der Waals surface area contributed by atoms with Crippen LogP contribution in [0.15, 0.2) is 60.7 Å². The highest BCUT2D eigenvalue weighted by Crippen LogP contribution is 2.25. The molecule has 3 rings (SSSR count). The lowest BCUT2D eigenvalue weighted by Gasteiger charge is -2.31. The summed E-state index contributed by atoms with van der Waals surface area (Å²) in [6.07, 6.45) is -1.03. The number of carbonyl (C=O) groups excluding carboxylic acids is 2. The number of hydrogen-bond donors (Lipinski definition) is 1. The molecule has 1 saturated heterocycles. The molecule has 7 nitrogen and oxygen atoms in total. The third-order valence-electron chi connectivity index (χ3n) is 5.18. The normalized spacial score (nSPS) is 23.9. The standard InChI is InChI=1S/C26H33NO6/c1-18-23(32-21-13-9-6-10-14-21)20(15-19-11-7-5-8-12-19)16-30-17-22(24(28)31-18)27-25(29)33-26(2,3)4/h5-14,18,20,22-23H,15-17H2,1-4H3,(H,27,29). The van der Waals surface area contributed by atoms with Gasteiger partial charge in [-0.05, 0) is 51.8 Å². The Labute approximate surface area is 195 Å². The van der Waals surface area contributed by atoms with Gasteiger partial charge in [-0.1, -0.05) is 48.5 Å². The first-order valence-electron chi connectivity index (χ1n) is 11.2. The number of ether oxygens (including phenoxy) is 4. The molecule has 4 unspecified atom stereocenters. The Hall–Kier alpha value is -3.06. The van der Waals surface area contributed by atoms with E-state index < -0.39 is 35.9 Å². The molecule has 0 aromatic heterocycles. The van der Waals surface area contributed by atoms with Crippen molar-refractivity contribution in [1.82, 2.24) is 5.32 Å². The van der Waals surface area contributed by atoms with E-state index in [1.807, 2.05) is 48.5 Å². The van der Waals surface area contributed by atoms with Gasteiger partial charge in [0.25, 0.3) is 0 Å². The predicted octanol–water partition coefficient (Wildman–Crippen LogP) is 4.15. The van der Waals surface area contributed by atoms with E-state index >= 15 is 0 Å². The van der Waals surface area contributed by atoms with Gasteiger partial charge in [-0.25, -0.2) is 9.59 Å². The maximum Gasteiger partial charge on any atom is 0.408 e. The largest absolute Gasteiger partial charge is 0.486 e. The van der Waals surface area contributed by atoms with Crippen molar-refractivity contribution in [2.75, 3.05) is 13.2 Å². The molecule has 178 valence electrons. The Morgan fingerprint density at radius 1 is 1.03 bits per heavy atom. The van der Waals surface area contributed by atoms with Crippen LogP contribution in [0.1, 0.15) is 33.3 Å². The minimum absolute atomic E-state index is 0.0197. The van der Waals surface area contributed by atoms with Crippen molar-refractivity contribution in [3.8, 4) is 5.75 Å². The molecule has 0 spiro atoms. The maximum atomic E-state index is 12.9. The van der Waals surface area contributed by atoms with Crippen LogP contribution in [-0.2, 0) is 25.4 Å². The Bertz CT molecular complexity index is 896. The minimum atomic E-state index is -0.977. The van der Waals surface area contributed by atoms with Crippen molar-refractivity contribution in [3.63, 3.8) is 0 Å². The molecule has 1 aliphatic heterocycles. The number of benzene rings is 2. The molecule has 0 radical (unpaired) electrons. The Kier molecular flexibility index (Phi) is 8.33. The fraction of sp³-hybridized carbons (Fsp3) is 0.462. The zero-order valence-electron chi connectivity index (χ0n) is 19.7. The monoisotopic (exact) mass is 455 g/mol. The zero-order valence-corrected chi connectivity index (χ0v) is 19.7. The van der Waals surface area contributed by atoms with Gasteiger partial charge in [0.15, 0.2) is 6.04 Å². The summed E-state index contributed by atoms with van der Waals surface area (Å²) in [6.45, 7) is 7.39. The third kappa shape index (κ3) is 7.79. The fourth-order valence-electron chi connectivity index (χ4n) is 3.71. The van der Waals surface area contributed by atoms with E-state index in [0.29, 0.717) is 18.8 Å². The second-order valence-electron chi connectivity index (χ2n) is 9.22.